The van der Waals surface area contributed by atoms with Crippen molar-refractivity contribution in [1.82, 2.24) is 15.2 Å². The van der Waals surface area contributed by atoms with E-state index in [4.69, 9.17) is 10.8 Å². The van der Waals surface area contributed by atoms with Crippen molar-refractivity contribution in [2.24, 2.45) is 0 Å². The molecule has 0 bridgehead atoms. The van der Waals surface area contributed by atoms with Gasteiger partial charge in [-0.15, -0.1) is 0 Å². The number of nitrogens with zero attached hydrogens (tertiary/aromatic N) is 2. The Labute approximate surface area is 166 Å². The Morgan fingerprint density at radius 3 is 2.68 bits per heavy atom. The van der Waals surface area contributed by atoms with Crippen molar-refractivity contribution in [2.75, 3.05) is 25.4 Å². The second kappa shape index (κ2) is 8.54. The van der Waals surface area contributed by atoms with Gasteiger partial charge in [0.1, 0.15) is 5.82 Å². The van der Waals surface area contributed by atoms with Crippen LogP contribution in [0.5, 0.6) is 0 Å². The zero-order valence-electron chi connectivity index (χ0n) is 16.5. The molecule has 3 rings (SSSR count). The number of hydrogen-bond donors (Lipinski definition) is 3. The highest BCUT2D eigenvalue weighted by molar-refractivity contribution is 6.00. The van der Waals surface area contributed by atoms with Crippen molar-refractivity contribution in [1.29, 1.82) is 0 Å². The summed E-state index contributed by atoms with van der Waals surface area (Å²) in [5.74, 6) is 0.275. The van der Waals surface area contributed by atoms with Gasteiger partial charge >= 0.3 is 0 Å². The first-order chi connectivity index (χ1) is 13.4. The van der Waals surface area contributed by atoms with Gasteiger partial charge in [-0.25, -0.2) is 4.98 Å². The van der Waals surface area contributed by atoms with Crippen LogP contribution in [-0.2, 0) is 0 Å². The number of pyridine rings is 1. The van der Waals surface area contributed by atoms with Gasteiger partial charge in [-0.3, -0.25) is 4.79 Å². The number of nitrogens with one attached hydrogen (secondary N) is 1. The lowest BCUT2D eigenvalue weighted by Crippen LogP contribution is -2.27. The van der Waals surface area contributed by atoms with E-state index in [9.17, 15) is 4.79 Å². The molecule has 2 aromatic rings. The topological polar surface area (TPSA) is 91.5 Å². The molecule has 1 atom stereocenters. The van der Waals surface area contributed by atoms with Crippen LogP contribution in [-0.4, -0.2) is 46.6 Å². The number of likely N-dealkylation sites (tertiary alicyclic amines) is 1. The fourth-order valence-corrected chi connectivity index (χ4v) is 3.56. The molecule has 0 radical (unpaired) electrons. The Morgan fingerprint density at radius 2 is 2.07 bits per heavy atom. The number of aromatic nitrogens is 1. The number of aliphatic hydroxyl groups excluding tert-OH is 1. The summed E-state index contributed by atoms with van der Waals surface area (Å²) in [7, 11) is 0. The maximum absolute atomic E-state index is 12.3. The molecule has 1 saturated heterocycles. The van der Waals surface area contributed by atoms with Crippen LogP contribution < -0.4 is 11.1 Å². The van der Waals surface area contributed by atoms with Crippen LogP contribution in [0, 0.1) is 0 Å². The van der Waals surface area contributed by atoms with Crippen LogP contribution in [0.2, 0.25) is 0 Å². The summed E-state index contributed by atoms with van der Waals surface area (Å²) in [5, 5.41) is 11.5. The first kappa shape index (κ1) is 20.0. The number of amides is 1. The van der Waals surface area contributed by atoms with Crippen molar-refractivity contribution in [3.8, 4) is 11.1 Å². The summed E-state index contributed by atoms with van der Waals surface area (Å²) in [6.07, 6.45) is 2.85. The second-order valence-electron chi connectivity index (χ2n) is 7.57. The van der Waals surface area contributed by atoms with Gasteiger partial charge in [0, 0.05) is 30.0 Å². The first-order valence-corrected chi connectivity index (χ1v) is 9.59. The summed E-state index contributed by atoms with van der Waals surface area (Å²) in [4.78, 5) is 19.0. The van der Waals surface area contributed by atoms with E-state index in [2.05, 4.69) is 59.9 Å². The normalized spacial score (nSPS) is 17.1. The molecule has 1 amide bonds. The van der Waals surface area contributed by atoms with Gasteiger partial charge in [0.15, 0.2) is 0 Å². The van der Waals surface area contributed by atoms with Crippen LogP contribution in [0.1, 0.15) is 42.1 Å². The van der Waals surface area contributed by atoms with E-state index < -0.39 is 5.91 Å². The van der Waals surface area contributed by atoms with E-state index in [0.29, 0.717) is 12.0 Å². The van der Waals surface area contributed by atoms with E-state index in [1.165, 1.54) is 12.0 Å². The average Bonchev–Trinajstić information content (AvgIpc) is 3.19. The summed E-state index contributed by atoms with van der Waals surface area (Å²) in [6, 6.07) is 10.7. The minimum Gasteiger partial charge on any atom is -0.390 e. The largest absolute Gasteiger partial charge is 0.390 e. The minimum absolute atomic E-state index is 0.142. The van der Waals surface area contributed by atoms with Gasteiger partial charge in [0.2, 0.25) is 0 Å². The molecule has 28 heavy (non-hydrogen) atoms. The second-order valence-corrected chi connectivity index (χ2v) is 7.57. The van der Waals surface area contributed by atoms with Crippen molar-refractivity contribution < 1.29 is 9.90 Å². The number of anilines is 1. The number of nitrogens with two attached hydrogens (primary N) is 1. The number of aliphatic hydroxyl groups is 1. The molecule has 1 aliphatic rings. The number of hydrogen-bond acceptors (Lipinski definition) is 5. The summed E-state index contributed by atoms with van der Waals surface area (Å²) in [6.45, 7) is 9.96. The molecule has 6 nitrogen and oxygen atoms in total. The SMILES string of the molecule is C=C(CO)NC(=O)c1cc(-c2ccc(C3CCN(C(C)C)C3)cc2)cnc1N. The lowest BCUT2D eigenvalue weighted by Gasteiger charge is -2.20. The van der Waals surface area contributed by atoms with Gasteiger partial charge < -0.3 is 21.1 Å². The van der Waals surface area contributed by atoms with E-state index in [1.807, 2.05) is 0 Å². The Balaban J connectivity index is 1.78. The monoisotopic (exact) mass is 380 g/mol. The highest BCUT2D eigenvalue weighted by Gasteiger charge is 2.25. The average molecular weight is 380 g/mol. The third-order valence-corrected chi connectivity index (χ3v) is 5.31. The molecule has 1 aromatic carbocycles. The lowest BCUT2D eigenvalue weighted by molar-refractivity contribution is 0.0961. The highest BCUT2D eigenvalue weighted by atomic mass is 16.3. The zero-order valence-corrected chi connectivity index (χ0v) is 16.5. The Bertz CT molecular complexity index is 861. The fourth-order valence-electron chi connectivity index (χ4n) is 3.56. The molecular formula is C22H28N4O2. The molecule has 0 spiro atoms. The Morgan fingerprint density at radius 1 is 1.36 bits per heavy atom. The molecule has 1 unspecified atom stereocenters. The minimum atomic E-state index is -0.428. The third-order valence-electron chi connectivity index (χ3n) is 5.31. The smallest absolute Gasteiger partial charge is 0.259 e. The summed E-state index contributed by atoms with van der Waals surface area (Å²) < 4.78 is 0. The van der Waals surface area contributed by atoms with Gasteiger partial charge in [-0.2, -0.15) is 0 Å². The molecule has 148 valence electrons. The van der Waals surface area contributed by atoms with Gasteiger partial charge in [0.25, 0.3) is 5.91 Å². The maximum Gasteiger partial charge on any atom is 0.259 e. The molecule has 1 fully saturated rings. The van der Waals surface area contributed by atoms with Crippen LogP contribution in [0.4, 0.5) is 5.82 Å². The quantitative estimate of drug-likeness (QED) is 0.717. The standard InChI is InChI=1S/C22H28N4O2/c1-14(2)26-9-8-18(12-26)16-4-6-17(7-5-16)19-10-20(21(23)24-11-19)22(28)25-15(3)13-27/h4-7,10-11,14,18,27H,3,8-9,12-13H2,1-2H3,(H2,23,24)(H,25,28). The predicted octanol–water partition coefficient (Wildman–Crippen LogP) is 2.76. The maximum atomic E-state index is 12.3. The molecular weight excluding hydrogens is 352 g/mol. The number of carbonyl (C=O) groups excluding carboxylic acids is 1. The van der Waals surface area contributed by atoms with Gasteiger partial charge in [0.05, 0.1) is 12.2 Å². The Hall–Kier alpha value is -2.70. The van der Waals surface area contributed by atoms with E-state index >= 15 is 0 Å². The molecule has 0 saturated carbocycles. The Kier molecular flexibility index (Phi) is 6.11. The zero-order chi connectivity index (χ0) is 20.3. The van der Waals surface area contributed by atoms with Crippen LogP contribution in [0.15, 0.2) is 48.8 Å². The van der Waals surface area contributed by atoms with Crippen molar-refractivity contribution in [3.05, 3.63) is 59.9 Å². The van der Waals surface area contributed by atoms with Crippen molar-refractivity contribution >= 4 is 11.7 Å². The fraction of sp³-hybridized carbons (Fsp3) is 0.364. The summed E-state index contributed by atoms with van der Waals surface area (Å²) in [5.41, 5.74) is 9.47. The first-order valence-electron chi connectivity index (χ1n) is 9.59. The van der Waals surface area contributed by atoms with Gasteiger partial charge in [-0.05, 0) is 49.9 Å². The summed E-state index contributed by atoms with van der Waals surface area (Å²) >= 11 is 0. The molecule has 0 aliphatic carbocycles. The van der Waals surface area contributed by atoms with Crippen LogP contribution >= 0.6 is 0 Å². The molecule has 1 aliphatic heterocycles. The lowest BCUT2D eigenvalue weighted by atomic mass is 9.95. The third kappa shape index (κ3) is 4.40. The highest BCUT2D eigenvalue weighted by Crippen LogP contribution is 2.30. The van der Waals surface area contributed by atoms with Crippen molar-refractivity contribution in [3.63, 3.8) is 0 Å². The van der Waals surface area contributed by atoms with E-state index in [1.54, 1.807) is 12.3 Å². The van der Waals surface area contributed by atoms with Crippen molar-refractivity contribution in [2.45, 2.75) is 32.2 Å². The number of nitrogen functional groups attached to an aromatic ring is 1. The number of carbonyl (C=O) groups is 1. The molecule has 6 heteroatoms. The van der Waals surface area contributed by atoms with Crippen LogP contribution in [0.3, 0.4) is 0 Å². The van der Waals surface area contributed by atoms with Gasteiger partial charge in [-0.1, -0.05) is 30.8 Å². The van der Waals surface area contributed by atoms with E-state index in [0.717, 1.165) is 24.2 Å². The predicted molar refractivity (Wildman–Crippen MR) is 112 cm³/mol. The molecule has 2 heterocycles. The number of rotatable bonds is 6. The van der Waals surface area contributed by atoms with E-state index in [-0.39, 0.29) is 23.7 Å². The number of benzene rings is 1. The molecule has 4 N–H and O–H groups in total. The van der Waals surface area contributed by atoms with Crippen LogP contribution in [0.25, 0.3) is 11.1 Å². The molecule has 1 aromatic heterocycles.